The first-order valence-corrected chi connectivity index (χ1v) is 7.24. The van der Waals surface area contributed by atoms with Gasteiger partial charge in [0.15, 0.2) is 11.6 Å². The summed E-state index contributed by atoms with van der Waals surface area (Å²) < 4.78 is 5.49. The Morgan fingerprint density at radius 1 is 0.864 bits per heavy atom. The van der Waals surface area contributed by atoms with E-state index >= 15 is 0 Å². The molecule has 0 spiro atoms. The summed E-state index contributed by atoms with van der Waals surface area (Å²) in [5, 5.41) is 3.33. The standard InChI is InChI=1S/C19H18N2O/c1-14-5-9-16(10-6-14)20-19(18-4-3-13-22-18)21-17-11-7-15(2)8-12-17/h3-13H,1-2H3,(H,20,21). The number of hydrogen-bond donors (Lipinski definition) is 1. The number of rotatable bonds is 3. The summed E-state index contributed by atoms with van der Waals surface area (Å²) in [6, 6.07) is 20.0. The first kappa shape index (κ1) is 14.1. The van der Waals surface area contributed by atoms with Crippen molar-refractivity contribution in [3.63, 3.8) is 0 Å². The predicted octanol–water partition coefficient (Wildman–Crippen LogP) is 5.09. The lowest BCUT2D eigenvalue weighted by molar-refractivity contribution is 0.557. The van der Waals surface area contributed by atoms with Gasteiger partial charge in [0.05, 0.1) is 12.0 Å². The van der Waals surface area contributed by atoms with Gasteiger partial charge in [-0.2, -0.15) is 0 Å². The van der Waals surface area contributed by atoms with Crippen molar-refractivity contribution in [2.24, 2.45) is 4.99 Å². The van der Waals surface area contributed by atoms with E-state index in [9.17, 15) is 0 Å². The highest BCUT2D eigenvalue weighted by molar-refractivity contribution is 6.07. The molecule has 3 aromatic rings. The molecule has 2 aromatic carbocycles. The van der Waals surface area contributed by atoms with Gasteiger partial charge in [-0.25, -0.2) is 4.99 Å². The first-order valence-electron chi connectivity index (χ1n) is 7.24. The van der Waals surface area contributed by atoms with E-state index in [0.29, 0.717) is 11.6 Å². The largest absolute Gasteiger partial charge is 0.461 e. The molecule has 1 N–H and O–H groups in total. The zero-order valence-electron chi connectivity index (χ0n) is 12.7. The molecule has 1 aromatic heterocycles. The zero-order valence-corrected chi connectivity index (χ0v) is 12.7. The highest BCUT2D eigenvalue weighted by Gasteiger charge is 2.07. The number of furan rings is 1. The van der Waals surface area contributed by atoms with E-state index in [0.717, 1.165) is 11.4 Å². The van der Waals surface area contributed by atoms with Crippen LogP contribution in [0.4, 0.5) is 11.4 Å². The lowest BCUT2D eigenvalue weighted by Gasteiger charge is -2.08. The highest BCUT2D eigenvalue weighted by atomic mass is 16.3. The van der Waals surface area contributed by atoms with Crippen molar-refractivity contribution in [2.75, 3.05) is 5.32 Å². The number of nitrogens with one attached hydrogen (secondary N) is 1. The van der Waals surface area contributed by atoms with Crippen molar-refractivity contribution in [1.29, 1.82) is 0 Å². The topological polar surface area (TPSA) is 37.5 Å². The van der Waals surface area contributed by atoms with Crippen molar-refractivity contribution in [3.8, 4) is 0 Å². The molecule has 0 radical (unpaired) electrons. The second-order valence-corrected chi connectivity index (χ2v) is 5.26. The second-order valence-electron chi connectivity index (χ2n) is 5.26. The van der Waals surface area contributed by atoms with Crippen LogP contribution in [0.5, 0.6) is 0 Å². The van der Waals surface area contributed by atoms with E-state index in [1.165, 1.54) is 11.1 Å². The molecule has 3 heteroatoms. The summed E-state index contributed by atoms with van der Waals surface area (Å²) >= 11 is 0. The molecule has 0 aliphatic heterocycles. The average molecular weight is 290 g/mol. The third kappa shape index (κ3) is 3.44. The Morgan fingerprint density at radius 2 is 1.50 bits per heavy atom. The fourth-order valence-electron chi connectivity index (χ4n) is 2.08. The molecule has 0 unspecified atom stereocenters. The van der Waals surface area contributed by atoms with Gasteiger partial charge in [0, 0.05) is 5.69 Å². The van der Waals surface area contributed by atoms with Crippen LogP contribution in [0.2, 0.25) is 0 Å². The van der Waals surface area contributed by atoms with Crippen molar-refractivity contribution in [3.05, 3.63) is 83.8 Å². The van der Waals surface area contributed by atoms with Gasteiger partial charge >= 0.3 is 0 Å². The van der Waals surface area contributed by atoms with Gasteiger partial charge in [-0.05, 0) is 50.2 Å². The average Bonchev–Trinajstić information content (AvgIpc) is 3.05. The van der Waals surface area contributed by atoms with Crippen molar-refractivity contribution in [1.82, 2.24) is 0 Å². The number of hydrogen-bond acceptors (Lipinski definition) is 2. The molecule has 1 heterocycles. The van der Waals surface area contributed by atoms with Gasteiger partial charge < -0.3 is 9.73 Å². The smallest absolute Gasteiger partial charge is 0.174 e. The zero-order chi connectivity index (χ0) is 15.4. The lowest BCUT2D eigenvalue weighted by Crippen LogP contribution is -2.12. The molecular weight excluding hydrogens is 272 g/mol. The number of aryl methyl sites for hydroxylation is 2. The third-order valence-corrected chi connectivity index (χ3v) is 3.34. The first-order chi connectivity index (χ1) is 10.7. The summed E-state index contributed by atoms with van der Waals surface area (Å²) in [7, 11) is 0. The molecule has 0 aliphatic rings. The Labute approximate surface area is 130 Å². The van der Waals surface area contributed by atoms with Crippen LogP contribution in [0, 0.1) is 13.8 Å². The van der Waals surface area contributed by atoms with Gasteiger partial charge in [0.25, 0.3) is 0 Å². The Bertz CT molecular complexity index is 754. The third-order valence-electron chi connectivity index (χ3n) is 3.34. The fraction of sp³-hybridized carbons (Fsp3) is 0.105. The molecule has 0 aliphatic carbocycles. The maximum Gasteiger partial charge on any atom is 0.174 e. The summed E-state index contributed by atoms with van der Waals surface area (Å²) in [5.74, 6) is 1.40. The second kappa shape index (κ2) is 6.31. The van der Waals surface area contributed by atoms with Crippen LogP contribution in [0.15, 0.2) is 76.3 Å². The summed E-state index contributed by atoms with van der Waals surface area (Å²) in [6.45, 7) is 4.13. The van der Waals surface area contributed by atoms with Gasteiger partial charge in [-0.1, -0.05) is 35.4 Å². The Morgan fingerprint density at radius 3 is 2.09 bits per heavy atom. The summed E-state index contributed by atoms with van der Waals surface area (Å²) in [5.41, 5.74) is 4.30. The molecule has 0 atom stereocenters. The normalized spacial score (nSPS) is 11.5. The fourth-order valence-corrected chi connectivity index (χ4v) is 2.08. The maximum atomic E-state index is 5.49. The van der Waals surface area contributed by atoms with Crippen molar-refractivity contribution in [2.45, 2.75) is 13.8 Å². The van der Waals surface area contributed by atoms with Gasteiger partial charge in [0.1, 0.15) is 0 Å². The lowest BCUT2D eigenvalue weighted by atomic mass is 10.2. The molecule has 110 valence electrons. The molecule has 3 nitrogen and oxygen atoms in total. The molecule has 3 rings (SSSR count). The number of nitrogens with zero attached hydrogens (tertiary/aromatic N) is 1. The van der Waals surface area contributed by atoms with E-state index in [2.05, 4.69) is 36.3 Å². The number of amidine groups is 1. The van der Waals surface area contributed by atoms with Gasteiger partial charge in [0.2, 0.25) is 0 Å². The Kier molecular flexibility index (Phi) is 4.05. The quantitative estimate of drug-likeness (QED) is 0.539. The van der Waals surface area contributed by atoms with E-state index < -0.39 is 0 Å². The van der Waals surface area contributed by atoms with Crippen LogP contribution in [0.3, 0.4) is 0 Å². The van der Waals surface area contributed by atoms with Crippen LogP contribution < -0.4 is 5.32 Å². The number of benzene rings is 2. The summed E-state index contributed by atoms with van der Waals surface area (Å²) in [6.07, 6.45) is 1.65. The molecule has 0 saturated heterocycles. The van der Waals surface area contributed by atoms with Crippen LogP contribution in [-0.4, -0.2) is 5.84 Å². The Hall–Kier alpha value is -2.81. The maximum absolute atomic E-state index is 5.49. The molecular formula is C19H18N2O. The van der Waals surface area contributed by atoms with E-state index in [-0.39, 0.29) is 0 Å². The van der Waals surface area contributed by atoms with Crippen LogP contribution in [0.1, 0.15) is 16.9 Å². The van der Waals surface area contributed by atoms with Crippen molar-refractivity contribution < 1.29 is 4.42 Å². The molecule has 0 saturated carbocycles. The molecule has 22 heavy (non-hydrogen) atoms. The molecule has 0 bridgehead atoms. The van der Waals surface area contributed by atoms with Crippen molar-refractivity contribution >= 4 is 17.2 Å². The van der Waals surface area contributed by atoms with E-state index in [1.807, 2.05) is 48.5 Å². The SMILES string of the molecule is Cc1ccc(N=C(Nc2ccc(C)cc2)c2ccco2)cc1. The summed E-state index contributed by atoms with van der Waals surface area (Å²) in [4.78, 5) is 4.67. The van der Waals surface area contributed by atoms with E-state index in [1.54, 1.807) is 6.26 Å². The Balaban J connectivity index is 1.93. The van der Waals surface area contributed by atoms with Gasteiger partial charge in [-0.15, -0.1) is 0 Å². The number of aliphatic imine (C=N–C) groups is 1. The van der Waals surface area contributed by atoms with Crippen LogP contribution >= 0.6 is 0 Å². The minimum Gasteiger partial charge on any atom is -0.461 e. The van der Waals surface area contributed by atoms with Crippen LogP contribution in [-0.2, 0) is 0 Å². The minimum atomic E-state index is 0.692. The number of anilines is 1. The monoisotopic (exact) mass is 290 g/mol. The minimum absolute atomic E-state index is 0.692. The van der Waals surface area contributed by atoms with E-state index in [4.69, 9.17) is 4.42 Å². The molecule has 0 amide bonds. The van der Waals surface area contributed by atoms with Crippen LogP contribution in [0.25, 0.3) is 0 Å². The highest BCUT2D eigenvalue weighted by Crippen LogP contribution is 2.17. The molecule has 0 fully saturated rings. The predicted molar refractivity (Wildman–Crippen MR) is 90.9 cm³/mol. The van der Waals surface area contributed by atoms with Gasteiger partial charge in [-0.3, -0.25) is 0 Å².